The summed E-state index contributed by atoms with van der Waals surface area (Å²) in [6.45, 7) is 6.77. The molecule has 8 heteroatoms. The molecule has 0 radical (unpaired) electrons. The van der Waals surface area contributed by atoms with E-state index in [-0.39, 0.29) is 12.5 Å². The number of hydrogen-bond acceptors (Lipinski definition) is 6. The molecule has 2 heterocycles. The molecule has 0 saturated carbocycles. The van der Waals surface area contributed by atoms with Crippen molar-refractivity contribution in [3.63, 3.8) is 0 Å². The molecule has 0 unspecified atom stereocenters. The molecule has 2 aromatic rings. The number of hydrogen-bond donors (Lipinski definition) is 2. The first kappa shape index (κ1) is 15.6. The summed E-state index contributed by atoms with van der Waals surface area (Å²) in [5.74, 6) is 0.219. The number of carbonyl (C=O) groups excluding carboxylic acids is 1. The highest BCUT2D eigenvalue weighted by atomic mass is 32.1. The van der Waals surface area contributed by atoms with E-state index < -0.39 is 11.1 Å². The van der Waals surface area contributed by atoms with Gasteiger partial charge in [0.25, 0.3) is 0 Å². The lowest BCUT2D eigenvalue weighted by atomic mass is 9.86. The fourth-order valence-corrected chi connectivity index (χ4v) is 2.13. The van der Waals surface area contributed by atoms with Crippen molar-refractivity contribution in [2.75, 3.05) is 0 Å². The molecule has 0 bridgehead atoms. The number of nitrogens with one attached hydrogen (secondary N) is 1. The van der Waals surface area contributed by atoms with Crippen LogP contribution in [-0.2, 0) is 11.3 Å². The molecule has 2 rings (SSSR count). The molecule has 114 valence electrons. The number of nitrogens with zero attached hydrogens (tertiary/aromatic N) is 4. The van der Waals surface area contributed by atoms with Crippen LogP contribution >= 0.6 is 11.3 Å². The van der Waals surface area contributed by atoms with Crippen LogP contribution in [0.15, 0.2) is 17.5 Å². The molecule has 21 heavy (non-hydrogen) atoms. The third-order valence-corrected chi connectivity index (χ3v) is 4.33. The van der Waals surface area contributed by atoms with E-state index in [0.717, 1.165) is 4.88 Å². The lowest BCUT2D eigenvalue weighted by Gasteiger charge is -2.37. The summed E-state index contributed by atoms with van der Waals surface area (Å²) < 4.78 is 0. The first-order valence-corrected chi connectivity index (χ1v) is 7.42. The Labute approximate surface area is 127 Å². The van der Waals surface area contributed by atoms with E-state index in [1.165, 1.54) is 16.1 Å². The number of aromatic nitrogens is 4. The van der Waals surface area contributed by atoms with Crippen LogP contribution in [0, 0.1) is 0 Å². The summed E-state index contributed by atoms with van der Waals surface area (Å²) in [5, 5.41) is 26.7. The Morgan fingerprint density at radius 3 is 2.71 bits per heavy atom. The largest absolute Gasteiger partial charge is 0.388 e. The molecule has 0 aliphatic rings. The Kier molecular flexibility index (Phi) is 4.11. The Morgan fingerprint density at radius 1 is 1.43 bits per heavy atom. The van der Waals surface area contributed by atoms with Crippen LogP contribution in [-0.4, -0.2) is 42.4 Å². The molecule has 0 spiro atoms. The van der Waals surface area contributed by atoms with Crippen LogP contribution in [0.4, 0.5) is 0 Å². The average molecular weight is 309 g/mol. The SMILES string of the molecule is CC(C)(O)C(C)(C)NC(=O)Cn1nnc(-c2cccs2)n1. The summed E-state index contributed by atoms with van der Waals surface area (Å²) in [4.78, 5) is 14.2. The van der Waals surface area contributed by atoms with Gasteiger partial charge >= 0.3 is 0 Å². The van der Waals surface area contributed by atoms with Gasteiger partial charge in [-0.2, -0.15) is 4.80 Å². The molecule has 0 aliphatic carbocycles. The standard InChI is InChI=1S/C13H19N5O2S/c1-12(2,13(3,4)20)14-10(19)8-18-16-11(15-17-18)9-6-5-7-21-9/h5-7,20H,8H2,1-4H3,(H,14,19). The van der Waals surface area contributed by atoms with Crippen molar-refractivity contribution >= 4 is 17.2 Å². The van der Waals surface area contributed by atoms with Crippen molar-refractivity contribution in [3.8, 4) is 10.7 Å². The van der Waals surface area contributed by atoms with Crippen molar-refractivity contribution < 1.29 is 9.90 Å². The van der Waals surface area contributed by atoms with E-state index in [9.17, 15) is 9.90 Å². The Hall–Kier alpha value is -1.80. The molecule has 2 N–H and O–H groups in total. The van der Waals surface area contributed by atoms with Crippen LogP contribution < -0.4 is 5.32 Å². The Balaban J connectivity index is 2.01. The minimum atomic E-state index is -1.04. The second-order valence-corrected chi connectivity index (χ2v) is 6.80. The number of rotatable bonds is 5. The van der Waals surface area contributed by atoms with Gasteiger partial charge in [-0.25, -0.2) is 0 Å². The molecular weight excluding hydrogens is 290 g/mol. The van der Waals surface area contributed by atoms with Crippen molar-refractivity contribution in [3.05, 3.63) is 17.5 Å². The van der Waals surface area contributed by atoms with Crippen LogP contribution in [0.3, 0.4) is 0 Å². The van der Waals surface area contributed by atoms with Crippen LogP contribution in [0.2, 0.25) is 0 Å². The maximum absolute atomic E-state index is 12.0. The third kappa shape index (κ3) is 3.64. The van der Waals surface area contributed by atoms with Gasteiger partial charge in [-0.05, 0) is 44.4 Å². The minimum absolute atomic E-state index is 0.0438. The zero-order valence-corrected chi connectivity index (χ0v) is 13.3. The topological polar surface area (TPSA) is 92.9 Å². The van der Waals surface area contributed by atoms with Gasteiger partial charge in [-0.15, -0.1) is 21.5 Å². The summed E-state index contributed by atoms with van der Waals surface area (Å²) in [7, 11) is 0. The Morgan fingerprint density at radius 2 is 2.14 bits per heavy atom. The van der Waals surface area contributed by atoms with Gasteiger partial charge in [0.15, 0.2) is 0 Å². The van der Waals surface area contributed by atoms with E-state index in [1.54, 1.807) is 27.7 Å². The molecule has 0 atom stereocenters. The van der Waals surface area contributed by atoms with Crippen molar-refractivity contribution in [2.24, 2.45) is 0 Å². The summed E-state index contributed by atoms with van der Waals surface area (Å²) in [6.07, 6.45) is 0. The van der Waals surface area contributed by atoms with E-state index in [4.69, 9.17) is 0 Å². The lowest BCUT2D eigenvalue weighted by molar-refractivity contribution is -0.127. The zero-order chi connectivity index (χ0) is 15.7. The number of carbonyl (C=O) groups is 1. The highest BCUT2D eigenvalue weighted by Gasteiger charge is 2.36. The predicted octanol–water partition coefficient (Wildman–Crippen LogP) is 1.07. The van der Waals surface area contributed by atoms with Gasteiger partial charge in [0, 0.05) is 0 Å². The quantitative estimate of drug-likeness (QED) is 0.861. The fraction of sp³-hybridized carbons (Fsp3) is 0.538. The van der Waals surface area contributed by atoms with Gasteiger partial charge in [-0.3, -0.25) is 4.79 Å². The van der Waals surface area contributed by atoms with Crippen molar-refractivity contribution in [2.45, 2.75) is 45.4 Å². The van der Waals surface area contributed by atoms with Gasteiger partial charge in [0.2, 0.25) is 11.7 Å². The van der Waals surface area contributed by atoms with Crippen LogP contribution in [0.25, 0.3) is 10.7 Å². The third-order valence-electron chi connectivity index (χ3n) is 3.46. The van der Waals surface area contributed by atoms with Gasteiger partial charge in [-0.1, -0.05) is 6.07 Å². The van der Waals surface area contributed by atoms with E-state index in [2.05, 4.69) is 20.7 Å². The Bertz CT molecular complexity index is 613. The fourth-order valence-electron chi connectivity index (χ4n) is 1.48. The molecule has 2 aromatic heterocycles. The van der Waals surface area contributed by atoms with Crippen LogP contribution in [0.1, 0.15) is 27.7 Å². The highest BCUT2D eigenvalue weighted by molar-refractivity contribution is 7.13. The first-order valence-electron chi connectivity index (χ1n) is 6.54. The number of amides is 1. The second-order valence-electron chi connectivity index (χ2n) is 5.85. The summed E-state index contributed by atoms with van der Waals surface area (Å²) in [5.41, 5.74) is -1.80. The maximum Gasteiger partial charge on any atom is 0.244 e. The minimum Gasteiger partial charge on any atom is -0.388 e. The van der Waals surface area contributed by atoms with Gasteiger partial charge < -0.3 is 10.4 Å². The zero-order valence-electron chi connectivity index (χ0n) is 12.5. The summed E-state index contributed by atoms with van der Waals surface area (Å²) in [6, 6.07) is 3.79. The summed E-state index contributed by atoms with van der Waals surface area (Å²) >= 11 is 1.51. The molecule has 1 amide bonds. The lowest BCUT2D eigenvalue weighted by Crippen LogP contribution is -2.58. The molecule has 0 aliphatic heterocycles. The smallest absolute Gasteiger partial charge is 0.244 e. The van der Waals surface area contributed by atoms with Crippen LogP contribution in [0.5, 0.6) is 0 Å². The molecule has 0 fully saturated rings. The van der Waals surface area contributed by atoms with E-state index in [1.807, 2.05) is 17.5 Å². The highest BCUT2D eigenvalue weighted by Crippen LogP contribution is 2.21. The molecule has 0 aromatic carbocycles. The van der Waals surface area contributed by atoms with Crippen molar-refractivity contribution in [1.29, 1.82) is 0 Å². The second kappa shape index (κ2) is 5.53. The number of thiophene rings is 1. The normalized spacial score (nSPS) is 12.4. The van der Waals surface area contributed by atoms with Gasteiger partial charge in [0.1, 0.15) is 6.54 Å². The van der Waals surface area contributed by atoms with E-state index >= 15 is 0 Å². The average Bonchev–Trinajstić information content (AvgIpc) is 2.95. The molecule has 7 nitrogen and oxygen atoms in total. The van der Waals surface area contributed by atoms with Gasteiger partial charge in [0.05, 0.1) is 16.0 Å². The monoisotopic (exact) mass is 309 g/mol. The van der Waals surface area contributed by atoms with E-state index in [0.29, 0.717) is 5.82 Å². The molecule has 0 saturated heterocycles. The molecular formula is C13H19N5O2S. The number of tetrazole rings is 1. The predicted molar refractivity (Wildman–Crippen MR) is 79.6 cm³/mol. The maximum atomic E-state index is 12.0. The number of aliphatic hydroxyl groups is 1. The first-order chi connectivity index (χ1) is 9.69. The van der Waals surface area contributed by atoms with Crippen molar-refractivity contribution in [1.82, 2.24) is 25.5 Å².